The third kappa shape index (κ3) is 1.14. The van der Waals surface area contributed by atoms with Crippen molar-refractivity contribution in [1.82, 2.24) is 9.97 Å². The normalized spacial score (nSPS) is 10.4. The van der Waals surface area contributed by atoms with Gasteiger partial charge in [-0.15, -0.1) is 11.3 Å². The van der Waals surface area contributed by atoms with Gasteiger partial charge in [-0.3, -0.25) is 0 Å². The number of rotatable bonds is 2. The molecule has 2 aromatic rings. The largest absolute Gasteiger partial charge is 0.477 e. The van der Waals surface area contributed by atoms with Crippen molar-refractivity contribution in [3.05, 3.63) is 17.8 Å². The predicted molar refractivity (Wildman–Crippen MR) is 48.6 cm³/mol. The summed E-state index contributed by atoms with van der Waals surface area (Å²) in [5.74, 6) is 0.684. The van der Waals surface area contributed by atoms with E-state index in [1.807, 2.05) is 18.4 Å². The summed E-state index contributed by atoms with van der Waals surface area (Å²) < 4.78 is 5.33. The molecule has 0 aliphatic heterocycles. The first-order chi connectivity index (χ1) is 5.92. The molecule has 2 heterocycles. The van der Waals surface area contributed by atoms with Crippen molar-refractivity contribution in [3.8, 4) is 5.88 Å². The summed E-state index contributed by atoms with van der Waals surface area (Å²) in [5.41, 5.74) is 0. The summed E-state index contributed by atoms with van der Waals surface area (Å²) in [6.45, 7) is 2.59. The Balaban J connectivity index is 2.57. The van der Waals surface area contributed by atoms with Crippen LogP contribution in [0.4, 0.5) is 0 Å². The second kappa shape index (κ2) is 3.06. The first-order valence-electron chi connectivity index (χ1n) is 3.73. The van der Waals surface area contributed by atoms with Crippen LogP contribution < -0.4 is 4.74 Å². The second-order valence-electron chi connectivity index (χ2n) is 2.25. The Kier molecular flexibility index (Phi) is 1.91. The molecule has 0 aromatic carbocycles. The fourth-order valence-corrected chi connectivity index (χ4v) is 1.74. The molecule has 0 fully saturated rings. The van der Waals surface area contributed by atoms with Gasteiger partial charge in [-0.1, -0.05) is 0 Å². The Hall–Kier alpha value is -1.16. The topological polar surface area (TPSA) is 35.0 Å². The van der Waals surface area contributed by atoms with Gasteiger partial charge in [-0.25, -0.2) is 9.97 Å². The van der Waals surface area contributed by atoms with Gasteiger partial charge in [0, 0.05) is 0 Å². The van der Waals surface area contributed by atoms with Gasteiger partial charge in [0.1, 0.15) is 11.2 Å². The smallest absolute Gasteiger partial charge is 0.225 e. The molecule has 12 heavy (non-hydrogen) atoms. The number of fused-ring (bicyclic) bond motifs is 1. The molecule has 0 radical (unpaired) electrons. The van der Waals surface area contributed by atoms with Crippen LogP contribution in [-0.2, 0) is 0 Å². The van der Waals surface area contributed by atoms with Crippen LogP contribution in [0.15, 0.2) is 17.8 Å². The number of hydrogen-bond acceptors (Lipinski definition) is 4. The predicted octanol–water partition coefficient (Wildman–Crippen LogP) is 2.09. The summed E-state index contributed by atoms with van der Waals surface area (Å²) in [6.07, 6.45) is 1.53. The van der Waals surface area contributed by atoms with Gasteiger partial charge >= 0.3 is 0 Å². The Labute approximate surface area is 74.0 Å². The van der Waals surface area contributed by atoms with Crippen molar-refractivity contribution >= 4 is 21.6 Å². The minimum absolute atomic E-state index is 0.641. The zero-order valence-corrected chi connectivity index (χ0v) is 7.47. The number of hydrogen-bond donors (Lipinski definition) is 0. The van der Waals surface area contributed by atoms with E-state index >= 15 is 0 Å². The van der Waals surface area contributed by atoms with Crippen molar-refractivity contribution in [3.63, 3.8) is 0 Å². The van der Waals surface area contributed by atoms with Crippen molar-refractivity contribution in [1.29, 1.82) is 0 Å². The van der Waals surface area contributed by atoms with E-state index in [-0.39, 0.29) is 0 Å². The molecule has 4 heteroatoms. The van der Waals surface area contributed by atoms with Gasteiger partial charge in [0.05, 0.1) is 12.0 Å². The Bertz CT molecular complexity index is 385. The van der Waals surface area contributed by atoms with Crippen LogP contribution in [0, 0.1) is 0 Å². The zero-order valence-electron chi connectivity index (χ0n) is 6.65. The second-order valence-corrected chi connectivity index (χ2v) is 3.15. The lowest BCUT2D eigenvalue weighted by Gasteiger charge is -2.00. The van der Waals surface area contributed by atoms with E-state index in [4.69, 9.17) is 4.74 Å². The highest BCUT2D eigenvalue weighted by Crippen LogP contribution is 2.24. The fourth-order valence-electron chi connectivity index (χ4n) is 1.02. The van der Waals surface area contributed by atoms with Crippen molar-refractivity contribution < 1.29 is 4.74 Å². The molecule has 0 N–H and O–H groups in total. The Morgan fingerprint density at radius 2 is 2.42 bits per heavy atom. The quantitative estimate of drug-likeness (QED) is 0.709. The van der Waals surface area contributed by atoms with Gasteiger partial charge < -0.3 is 4.74 Å². The minimum atomic E-state index is 0.641. The molecule has 0 aliphatic rings. The maximum absolute atomic E-state index is 5.33. The monoisotopic (exact) mass is 180 g/mol. The first-order valence-corrected chi connectivity index (χ1v) is 4.61. The molecule has 0 saturated heterocycles. The standard InChI is InChI=1S/C8H8N2OS/c1-2-11-7-6-3-4-12-8(6)10-5-9-7/h3-5H,2H2,1H3. The summed E-state index contributed by atoms with van der Waals surface area (Å²) in [7, 11) is 0. The lowest BCUT2D eigenvalue weighted by atomic mass is 10.4. The molecule has 0 amide bonds. The molecule has 2 aromatic heterocycles. The van der Waals surface area contributed by atoms with Gasteiger partial charge in [-0.2, -0.15) is 0 Å². The molecule has 3 nitrogen and oxygen atoms in total. The van der Waals surface area contributed by atoms with E-state index in [1.165, 1.54) is 6.33 Å². The fraction of sp³-hybridized carbons (Fsp3) is 0.250. The summed E-state index contributed by atoms with van der Waals surface area (Å²) in [4.78, 5) is 9.13. The van der Waals surface area contributed by atoms with Crippen LogP contribution in [-0.4, -0.2) is 16.6 Å². The average Bonchev–Trinajstić information content (AvgIpc) is 2.53. The average molecular weight is 180 g/mol. The lowest BCUT2D eigenvalue weighted by molar-refractivity contribution is 0.331. The van der Waals surface area contributed by atoms with E-state index in [9.17, 15) is 0 Å². The van der Waals surface area contributed by atoms with E-state index in [1.54, 1.807) is 11.3 Å². The van der Waals surface area contributed by atoms with E-state index in [0.29, 0.717) is 12.5 Å². The molecule has 0 bridgehead atoms. The van der Waals surface area contributed by atoms with Crippen LogP contribution in [0.3, 0.4) is 0 Å². The molecule has 0 spiro atoms. The number of nitrogens with zero attached hydrogens (tertiary/aromatic N) is 2. The summed E-state index contributed by atoms with van der Waals surface area (Å²) in [5, 5.41) is 2.99. The zero-order chi connectivity index (χ0) is 8.39. The van der Waals surface area contributed by atoms with Crippen LogP contribution in [0.2, 0.25) is 0 Å². The van der Waals surface area contributed by atoms with Crippen LogP contribution >= 0.6 is 11.3 Å². The first kappa shape index (κ1) is 7.49. The third-order valence-corrected chi connectivity index (χ3v) is 2.33. The van der Waals surface area contributed by atoms with Gasteiger partial charge in [-0.05, 0) is 18.4 Å². The van der Waals surface area contributed by atoms with Crippen molar-refractivity contribution in [2.75, 3.05) is 6.61 Å². The summed E-state index contributed by atoms with van der Waals surface area (Å²) >= 11 is 1.60. The minimum Gasteiger partial charge on any atom is -0.477 e. The Morgan fingerprint density at radius 1 is 1.50 bits per heavy atom. The highest BCUT2D eigenvalue weighted by atomic mass is 32.1. The third-order valence-electron chi connectivity index (χ3n) is 1.51. The maximum Gasteiger partial charge on any atom is 0.225 e. The van der Waals surface area contributed by atoms with E-state index in [0.717, 1.165) is 10.2 Å². The lowest BCUT2D eigenvalue weighted by Crippen LogP contribution is -1.94. The molecule has 0 atom stereocenters. The molecular weight excluding hydrogens is 172 g/mol. The van der Waals surface area contributed by atoms with E-state index < -0.39 is 0 Å². The molecule has 2 rings (SSSR count). The maximum atomic E-state index is 5.33. The number of aromatic nitrogens is 2. The summed E-state index contributed by atoms with van der Waals surface area (Å²) in [6, 6.07) is 1.98. The highest BCUT2D eigenvalue weighted by Gasteiger charge is 2.03. The van der Waals surface area contributed by atoms with Crippen molar-refractivity contribution in [2.45, 2.75) is 6.92 Å². The SMILES string of the molecule is CCOc1ncnc2sccc12. The molecule has 62 valence electrons. The van der Waals surface area contributed by atoms with Crippen LogP contribution in [0.1, 0.15) is 6.92 Å². The van der Waals surface area contributed by atoms with Crippen LogP contribution in [0.25, 0.3) is 10.2 Å². The van der Waals surface area contributed by atoms with Crippen molar-refractivity contribution in [2.24, 2.45) is 0 Å². The van der Waals surface area contributed by atoms with Gasteiger partial charge in [0.25, 0.3) is 0 Å². The van der Waals surface area contributed by atoms with Crippen LogP contribution in [0.5, 0.6) is 5.88 Å². The molecular formula is C8H8N2OS. The van der Waals surface area contributed by atoms with Gasteiger partial charge in [0.2, 0.25) is 5.88 Å². The number of ether oxygens (including phenoxy) is 1. The van der Waals surface area contributed by atoms with Gasteiger partial charge in [0.15, 0.2) is 0 Å². The Morgan fingerprint density at radius 3 is 3.25 bits per heavy atom. The van der Waals surface area contributed by atoms with E-state index in [2.05, 4.69) is 9.97 Å². The number of thiophene rings is 1. The molecule has 0 aliphatic carbocycles. The molecule has 0 saturated carbocycles. The molecule has 0 unspecified atom stereocenters. The highest BCUT2D eigenvalue weighted by molar-refractivity contribution is 7.16.